The second kappa shape index (κ2) is 4.61. The summed E-state index contributed by atoms with van der Waals surface area (Å²) < 4.78 is 14.9. The zero-order valence-corrected chi connectivity index (χ0v) is 10.8. The molecule has 0 aliphatic rings. The summed E-state index contributed by atoms with van der Waals surface area (Å²) in [5.74, 6) is -1.63. The third-order valence-electron chi connectivity index (χ3n) is 2.88. The van der Waals surface area contributed by atoms with Crippen LogP contribution in [0.3, 0.4) is 0 Å². The van der Waals surface area contributed by atoms with Gasteiger partial charge in [0.25, 0.3) is 0 Å². The first-order valence-corrected chi connectivity index (χ1v) is 6.11. The standard InChI is InChI=1S/C14H8ClFN2O2/c15-9-4-5-11-17-12(14(19)20)13(18(11)7-9)8-2-1-3-10(16)6-8/h1-7H,(H,19,20). The fourth-order valence-corrected chi connectivity index (χ4v) is 2.24. The van der Waals surface area contributed by atoms with Crippen LogP contribution in [0.2, 0.25) is 5.02 Å². The number of aromatic carboxylic acids is 1. The molecule has 0 aliphatic carbocycles. The monoisotopic (exact) mass is 290 g/mol. The average Bonchev–Trinajstić information content (AvgIpc) is 2.77. The number of imidazole rings is 1. The summed E-state index contributed by atoms with van der Waals surface area (Å²) in [5.41, 5.74) is 1.02. The van der Waals surface area contributed by atoms with Gasteiger partial charge in [0.15, 0.2) is 5.69 Å². The number of hydrogen-bond acceptors (Lipinski definition) is 2. The van der Waals surface area contributed by atoms with E-state index in [0.29, 0.717) is 21.9 Å². The van der Waals surface area contributed by atoms with Crippen molar-refractivity contribution in [3.63, 3.8) is 0 Å². The summed E-state index contributed by atoms with van der Waals surface area (Å²) >= 11 is 5.93. The van der Waals surface area contributed by atoms with E-state index in [0.717, 1.165) is 0 Å². The van der Waals surface area contributed by atoms with Crippen molar-refractivity contribution < 1.29 is 14.3 Å². The number of benzene rings is 1. The largest absolute Gasteiger partial charge is 0.476 e. The van der Waals surface area contributed by atoms with Gasteiger partial charge in [-0.3, -0.25) is 4.40 Å². The van der Waals surface area contributed by atoms with Crippen molar-refractivity contribution in [1.29, 1.82) is 0 Å². The molecule has 0 saturated heterocycles. The predicted octanol–water partition coefficient (Wildman–Crippen LogP) is 3.49. The molecule has 6 heteroatoms. The van der Waals surface area contributed by atoms with E-state index in [4.69, 9.17) is 11.6 Å². The van der Waals surface area contributed by atoms with Crippen LogP contribution in [0.1, 0.15) is 10.5 Å². The van der Waals surface area contributed by atoms with E-state index in [-0.39, 0.29) is 5.69 Å². The first kappa shape index (κ1) is 12.6. The molecule has 0 aliphatic heterocycles. The number of nitrogens with zero attached hydrogens (tertiary/aromatic N) is 2. The van der Waals surface area contributed by atoms with Gasteiger partial charge in [-0.15, -0.1) is 0 Å². The highest BCUT2D eigenvalue weighted by molar-refractivity contribution is 6.30. The van der Waals surface area contributed by atoms with Crippen LogP contribution in [-0.4, -0.2) is 20.5 Å². The Bertz CT molecular complexity index is 829. The van der Waals surface area contributed by atoms with Gasteiger partial charge in [0.05, 0.1) is 10.7 Å². The van der Waals surface area contributed by atoms with E-state index in [2.05, 4.69) is 4.98 Å². The van der Waals surface area contributed by atoms with E-state index in [1.807, 2.05) is 0 Å². The van der Waals surface area contributed by atoms with Crippen molar-refractivity contribution in [2.24, 2.45) is 0 Å². The van der Waals surface area contributed by atoms with Crippen molar-refractivity contribution in [3.8, 4) is 11.3 Å². The first-order valence-electron chi connectivity index (χ1n) is 5.73. The summed E-state index contributed by atoms with van der Waals surface area (Å²) in [7, 11) is 0. The first-order chi connectivity index (χ1) is 9.56. The molecule has 3 rings (SSSR count). The van der Waals surface area contributed by atoms with Crippen molar-refractivity contribution in [3.05, 3.63) is 59.1 Å². The van der Waals surface area contributed by atoms with Crippen molar-refractivity contribution >= 4 is 23.2 Å². The van der Waals surface area contributed by atoms with Gasteiger partial charge in [-0.05, 0) is 24.3 Å². The number of aromatic nitrogens is 2. The Morgan fingerprint density at radius 1 is 1.30 bits per heavy atom. The molecule has 0 saturated carbocycles. The predicted molar refractivity (Wildman–Crippen MR) is 72.6 cm³/mol. The zero-order chi connectivity index (χ0) is 14.3. The lowest BCUT2D eigenvalue weighted by Gasteiger charge is -2.04. The molecule has 0 unspecified atom stereocenters. The maximum Gasteiger partial charge on any atom is 0.356 e. The summed E-state index contributed by atoms with van der Waals surface area (Å²) in [5, 5.41) is 9.70. The summed E-state index contributed by atoms with van der Waals surface area (Å²) in [6.45, 7) is 0. The summed E-state index contributed by atoms with van der Waals surface area (Å²) in [6.07, 6.45) is 1.55. The Morgan fingerprint density at radius 3 is 2.80 bits per heavy atom. The molecular weight excluding hydrogens is 283 g/mol. The summed E-state index contributed by atoms with van der Waals surface area (Å²) in [4.78, 5) is 15.4. The highest BCUT2D eigenvalue weighted by Gasteiger charge is 2.20. The van der Waals surface area contributed by atoms with Crippen LogP contribution in [0.5, 0.6) is 0 Å². The van der Waals surface area contributed by atoms with Crippen LogP contribution in [0, 0.1) is 5.82 Å². The summed E-state index contributed by atoms with van der Waals surface area (Å²) in [6, 6.07) is 8.92. The second-order valence-corrected chi connectivity index (χ2v) is 4.64. The molecule has 0 amide bonds. The van der Waals surface area contributed by atoms with Gasteiger partial charge in [-0.25, -0.2) is 14.2 Å². The van der Waals surface area contributed by atoms with Crippen LogP contribution in [0.4, 0.5) is 4.39 Å². The molecule has 4 nitrogen and oxygen atoms in total. The minimum absolute atomic E-state index is 0.141. The number of rotatable bonds is 2. The van der Waals surface area contributed by atoms with Crippen molar-refractivity contribution in [2.75, 3.05) is 0 Å². The van der Waals surface area contributed by atoms with Gasteiger partial charge in [0.1, 0.15) is 11.5 Å². The van der Waals surface area contributed by atoms with Gasteiger partial charge in [0.2, 0.25) is 0 Å². The number of carboxylic acid groups (broad SMARTS) is 1. The minimum atomic E-state index is -1.18. The number of carboxylic acids is 1. The van der Waals surface area contributed by atoms with E-state index in [1.165, 1.54) is 18.2 Å². The van der Waals surface area contributed by atoms with Crippen LogP contribution in [0.25, 0.3) is 16.9 Å². The van der Waals surface area contributed by atoms with E-state index in [9.17, 15) is 14.3 Å². The van der Waals surface area contributed by atoms with E-state index < -0.39 is 11.8 Å². The third kappa shape index (κ3) is 2.02. The topological polar surface area (TPSA) is 54.6 Å². The Morgan fingerprint density at radius 2 is 2.10 bits per heavy atom. The SMILES string of the molecule is O=C(O)c1nc2ccc(Cl)cn2c1-c1cccc(F)c1. The quantitative estimate of drug-likeness (QED) is 0.786. The Hall–Kier alpha value is -2.40. The molecule has 0 fully saturated rings. The van der Waals surface area contributed by atoms with Crippen LogP contribution in [0.15, 0.2) is 42.6 Å². The van der Waals surface area contributed by atoms with Gasteiger partial charge in [-0.1, -0.05) is 23.7 Å². The van der Waals surface area contributed by atoms with Crippen molar-refractivity contribution in [1.82, 2.24) is 9.38 Å². The Labute approximate surface area is 118 Å². The smallest absolute Gasteiger partial charge is 0.356 e. The number of carbonyl (C=O) groups is 1. The minimum Gasteiger partial charge on any atom is -0.476 e. The average molecular weight is 291 g/mol. The Kier molecular flexibility index (Phi) is 2.91. The third-order valence-corrected chi connectivity index (χ3v) is 3.11. The highest BCUT2D eigenvalue weighted by Crippen LogP contribution is 2.27. The number of hydrogen-bond donors (Lipinski definition) is 1. The number of pyridine rings is 1. The lowest BCUT2D eigenvalue weighted by Crippen LogP contribution is -2.00. The number of fused-ring (bicyclic) bond motifs is 1. The van der Waals surface area contributed by atoms with Crippen LogP contribution < -0.4 is 0 Å². The molecule has 2 aromatic heterocycles. The van der Waals surface area contributed by atoms with E-state index >= 15 is 0 Å². The zero-order valence-electron chi connectivity index (χ0n) is 10.0. The molecule has 1 aromatic carbocycles. The normalized spacial score (nSPS) is 10.9. The molecule has 100 valence electrons. The lowest BCUT2D eigenvalue weighted by molar-refractivity contribution is 0.0692. The molecule has 0 radical (unpaired) electrons. The fourth-order valence-electron chi connectivity index (χ4n) is 2.08. The molecule has 0 atom stereocenters. The molecule has 2 heterocycles. The fraction of sp³-hybridized carbons (Fsp3) is 0. The van der Waals surface area contributed by atoms with Gasteiger partial charge in [-0.2, -0.15) is 0 Å². The molecule has 20 heavy (non-hydrogen) atoms. The molecule has 0 bridgehead atoms. The molecule has 3 aromatic rings. The molecule has 1 N–H and O–H groups in total. The number of halogens is 2. The molecular formula is C14H8ClFN2O2. The van der Waals surface area contributed by atoms with Crippen molar-refractivity contribution in [2.45, 2.75) is 0 Å². The van der Waals surface area contributed by atoms with Crippen LogP contribution in [-0.2, 0) is 0 Å². The second-order valence-electron chi connectivity index (χ2n) is 4.20. The van der Waals surface area contributed by atoms with Crippen LogP contribution >= 0.6 is 11.6 Å². The lowest BCUT2D eigenvalue weighted by atomic mass is 10.1. The van der Waals surface area contributed by atoms with Gasteiger partial charge < -0.3 is 5.11 Å². The van der Waals surface area contributed by atoms with Gasteiger partial charge in [0, 0.05) is 11.8 Å². The maximum absolute atomic E-state index is 13.4. The Balaban J connectivity index is 2.39. The van der Waals surface area contributed by atoms with Gasteiger partial charge >= 0.3 is 5.97 Å². The molecule has 0 spiro atoms. The maximum atomic E-state index is 13.4. The highest BCUT2D eigenvalue weighted by atomic mass is 35.5. The van der Waals surface area contributed by atoms with E-state index in [1.54, 1.807) is 28.8 Å².